The lowest BCUT2D eigenvalue weighted by atomic mass is 10.1. The summed E-state index contributed by atoms with van der Waals surface area (Å²) in [4.78, 5) is 12.7. The highest BCUT2D eigenvalue weighted by molar-refractivity contribution is 7.80. The first kappa shape index (κ1) is 16.7. The zero-order chi connectivity index (χ0) is 16.1. The van der Waals surface area contributed by atoms with Crippen LogP contribution in [-0.4, -0.2) is 20.0 Å². The fourth-order valence-electron chi connectivity index (χ4n) is 2.87. The second-order valence-electron chi connectivity index (χ2n) is 5.54. The molecule has 0 radical (unpaired) electrons. The molecule has 0 spiro atoms. The summed E-state index contributed by atoms with van der Waals surface area (Å²) in [6, 6.07) is 9.93. The van der Waals surface area contributed by atoms with E-state index in [9.17, 15) is 9.90 Å². The Balaban J connectivity index is 2.35. The molecule has 0 aliphatic carbocycles. The molecule has 1 aromatic heterocycles. The first-order valence-corrected chi connectivity index (χ1v) is 8.42. The summed E-state index contributed by atoms with van der Waals surface area (Å²) in [5.74, 6) is 0.516. The second-order valence-corrected chi connectivity index (χ2v) is 5.91. The number of aromatic hydroxyl groups is 1. The summed E-state index contributed by atoms with van der Waals surface area (Å²) < 4.78 is 3.12. The number of thiol groups is 1. The first-order valence-electron chi connectivity index (χ1n) is 7.79. The van der Waals surface area contributed by atoms with Gasteiger partial charge in [0.05, 0.1) is 12.2 Å². The molecule has 1 aromatic carbocycles. The van der Waals surface area contributed by atoms with E-state index in [1.54, 1.807) is 10.8 Å². The lowest BCUT2D eigenvalue weighted by Gasteiger charge is -2.17. The molecule has 0 saturated heterocycles. The molecule has 4 nitrogen and oxygen atoms in total. The van der Waals surface area contributed by atoms with Crippen molar-refractivity contribution in [3.8, 4) is 5.88 Å². The van der Waals surface area contributed by atoms with Crippen LogP contribution in [-0.2, 0) is 6.42 Å². The highest BCUT2D eigenvalue weighted by atomic mass is 32.1. The third-order valence-corrected chi connectivity index (χ3v) is 4.58. The van der Waals surface area contributed by atoms with Crippen LogP contribution >= 0.6 is 12.6 Å². The fraction of sp³-hybridized carbons (Fsp3) is 0.471. The topological polar surface area (TPSA) is 47.2 Å². The molecule has 0 bridgehead atoms. The van der Waals surface area contributed by atoms with Crippen molar-refractivity contribution in [2.45, 2.75) is 45.2 Å². The molecule has 0 saturated carbocycles. The highest BCUT2D eigenvalue weighted by Crippen LogP contribution is 2.23. The maximum absolute atomic E-state index is 12.7. The van der Waals surface area contributed by atoms with Gasteiger partial charge in [0.15, 0.2) is 0 Å². The van der Waals surface area contributed by atoms with E-state index < -0.39 is 0 Å². The average Bonchev–Trinajstić information content (AvgIpc) is 2.82. The number of hydrogen-bond acceptors (Lipinski definition) is 3. The minimum absolute atomic E-state index is 0.0203. The summed E-state index contributed by atoms with van der Waals surface area (Å²) in [7, 11) is 0. The molecule has 2 aromatic rings. The third-order valence-electron chi connectivity index (χ3n) is 4.15. The Bertz CT molecular complexity index is 644. The maximum Gasteiger partial charge on any atom is 0.331 e. The molecule has 0 fully saturated rings. The van der Waals surface area contributed by atoms with E-state index in [0.717, 1.165) is 18.4 Å². The molecule has 0 aliphatic heterocycles. The van der Waals surface area contributed by atoms with Crippen molar-refractivity contribution >= 4 is 12.6 Å². The molecule has 1 atom stereocenters. The third kappa shape index (κ3) is 3.40. The van der Waals surface area contributed by atoms with E-state index in [1.165, 1.54) is 4.57 Å². The van der Waals surface area contributed by atoms with Gasteiger partial charge in [-0.15, -0.1) is 0 Å². The predicted octanol–water partition coefficient (Wildman–Crippen LogP) is 3.43. The Hall–Kier alpha value is -1.62. The summed E-state index contributed by atoms with van der Waals surface area (Å²) in [5.41, 5.74) is 0.976. The molecular weight excluding hydrogens is 296 g/mol. The minimum Gasteiger partial charge on any atom is -0.493 e. The second kappa shape index (κ2) is 7.58. The SMILES string of the molecule is CCC(CC)n1cc(O)n(C(CS)Cc2ccccc2)c1=O. The number of benzene rings is 1. The summed E-state index contributed by atoms with van der Waals surface area (Å²) in [6.07, 6.45) is 3.96. The van der Waals surface area contributed by atoms with Gasteiger partial charge in [0.1, 0.15) is 0 Å². The monoisotopic (exact) mass is 320 g/mol. The van der Waals surface area contributed by atoms with Crippen LogP contribution in [0.5, 0.6) is 5.88 Å². The van der Waals surface area contributed by atoms with Crippen LogP contribution in [0, 0.1) is 0 Å². The molecule has 1 unspecified atom stereocenters. The van der Waals surface area contributed by atoms with Gasteiger partial charge in [-0.3, -0.25) is 9.13 Å². The largest absolute Gasteiger partial charge is 0.493 e. The molecule has 0 amide bonds. The van der Waals surface area contributed by atoms with Crippen molar-refractivity contribution in [2.75, 3.05) is 5.75 Å². The number of hydrogen-bond donors (Lipinski definition) is 2. The Kier molecular flexibility index (Phi) is 5.77. The lowest BCUT2D eigenvalue weighted by Crippen LogP contribution is -2.31. The van der Waals surface area contributed by atoms with Gasteiger partial charge in [0, 0.05) is 11.8 Å². The van der Waals surface area contributed by atoms with Gasteiger partial charge in [-0.2, -0.15) is 12.6 Å². The quantitative estimate of drug-likeness (QED) is 0.768. The van der Waals surface area contributed by atoms with Crippen LogP contribution in [0.4, 0.5) is 0 Å². The number of aromatic nitrogens is 2. The molecule has 5 heteroatoms. The molecule has 22 heavy (non-hydrogen) atoms. The predicted molar refractivity (Wildman–Crippen MR) is 93.0 cm³/mol. The van der Waals surface area contributed by atoms with Crippen LogP contribution < -0.4 is 5.69 Å². The standard InChI is InChI=1S/C17H24N2O2S/c1-3-14(4-2)18-11-16(20)19(17(18)21)15(12-22)10-13-8-6-5-7-9-13/h5-9,11,14-15,20,22H,3-4,10,12H2,1-2H3. The number of imidazole rings is 1. The summed E-state index contributed by atoms with van der Waals surface area (Å²) in [6.45, 7) is 4.10. The van der Waals surface area contributed by atoms with Crippen LogP contribution in [0.1, 0.15) is 44.3 Å². The van der Waals surface area contributed by atoms with Gasteiger partial charge < -0.3 is 5.11 Å². The van der Waals surface area contributed by atoms with Crippen molar-refractivity contribution < 1.29 is 5.11 Å². The Labute approximate surface area is 136 Å². The van der Waals surface area contributed by atoms with Gasteiger partial charge in [0.2, 0.25) is 5.88 Å². The molecule has 2 rings (SSSR count). The highest BCUT2D eigenvalue weighted by Gasteiger charge is 2.21. The summed E-state index contributed by atoms with van der Waals surface area (Å²) >= 11 is 4.38. The smallest absolute Gasteiger partial charge is 0.331 e. The lowest BCUT2D eigenvalue weighted by molar-refractivity contribution is 0.385. The van der Waals surface area contributed by atoms with Gasteiger partial charge in [0.25, 0.3) is 0 Å². The van der Waals surface area contributed by atoms with Crippen LogP contribution in [0.25, 0.3) is 0 Å². The minimum atomic E-state index is -0.158. The van der Waals surface area contributed by atoms with E-state index in [4.69, 9.17) is 0 Å². The molecular formula is C17H24N2O2S. The summed E-state index contributed by atoms with van der Waals surface area (Å²) in [5, 5.41) is 10.2. The maximum atomic E-state index is 12.7. The Morgan fingerprint density at radius 3 is 2.32 bits per heavy atom. The van der Waals surface area contributed by atoms with E-state index in [2.05, 4.69) is 26.5 Å². The molecule has 1 heterocycles. The van der Waals surface area contributed by atoms with Crippen LogP contribution in [0.2, 0.25) is 0 Å². The van der Waals surface area contributed by atoms with Crippen molar-refractivity contribution in [3.05, 3.63) is 52.6 Å². The van der Waals surface area contributed by atoms with Crippen molar-refractivity contribution in [1.29, 1.82) is 0 Å². The van der Waals surface area contributed by atoms with Crippen molar-refractivity contribution in [2.24, 2.45) is 0 Å². The van der Waals surface area contributed by atoms with Crippen LogP contribution in [0.3, 0.4) is 0 Å². The average molecular weight is 320 g/mol. The molecule has 0 aliphatic rings. The van der Waals surface area contributed by atoms with Crippen LogP contribution in [0.15, 0.2) is 41.3 Å². The first-order chi connectivity index (χ1) is 10.6. The molecule has 120 valence electrons. The van der Waals surface area contributed by atoms with Gasteiger partial charge in [-0.25, -0.2) is 4.79 Å². The van der Waals surface area contributed by atoms with Crippen molar-refractivity contribution in [1.82, 2.24) is 9.13 Å². The zero-order valence-corrected chi connectivity index (χ0v) is 14.0. The van der Waals surface area contributed by atoms with E-state index in [-0.39, 0.29) is 23.7 Å². The Morgan fingerprint density at radius 2 is 1.77 bits per heavy atom. The van der Waals surface area contributed by atoms with Gasteiger partial charge in [-0.05, 0) is 24.8 Å². The van der Waals surface area contributed by atoms with E-state index in [1.807, 2.05) is 30.3 Å². The van der Waals surface area contributed by atoms with Crippen molar-refractivity contribution in [3.63, 3.8) is 0 Å². The van der Waals surface area contributed by atoms with E-state index in [0.29, 0.717) is 12.2 Å². The van der Waals surface area contributed by atoms with Gasteiger partial charge in [-0.1, -0.05) is 44.2 Å². The van der Waals surface area contributed by atoms with E-state index >= 15 is 0 Å². The number of rotatable bonds is 7. The molecule has 1 N–H and O–H groups in total. The zero-order valence-electron chi connectivity index (χ0n) is 13.1. The number of nitrogens with zero attached hydrogens (tertiary/aromatic N) is 2. The normalized spacial score (nSPS) is 12.7. The Morgan fingerprint density at radius 1 is 1.14 bits per heavy atom. The van der Waals surface area contributed by atoms with Gasteiger partial charge >= 0.3 is 5.69 Å². The fourth-order valence-corrected chi connectivity index (χ4v) is 3.17.